The van der Waals surface area contributed by atoms with Gasteiger partial charge < -0.3 is 14.1 Å². The molecule has 1 aromatic carbocycles. The van der Waals surface area contributed by atoms with Crippen LogP contribution >= 0.6 is 11.3 Å². The van der Waals surface area contributed by atoms with Gasteiger partial charge in [0.1, 0.15) is 12.4 Å². The van der Waals surface area contributed by atoms with E-state index < -0.39 is 0 Å². The molecule has 0 spiro atoms. The zero-order valence-electron chi connectivity index (χ0n) is 19.7. The smallest absolute Gasteiger partial charge is 0.290 e. The minimum atomic E-state index is -0.379. The summed E-state index contributed by atoms with van der Waals surface area (Å²) in [6, 6.07) is 13.2. The van der Waals surface area contributed by atoms with Crippen molar-refractivity contribution in [3.8, 4) is 0 Å². The average Bonchev–Trinajstić information content (AvgIpc) is 3.68. The Balaban J connectivity index is 1.38. The van der Waals surface area contributed by atoms with E-state index in [1.807, 2.05) is 17.5 Å². The summed E-state index contributed by atoms with van der Waals surface area (Å²) in [6.07, 6.45) is 1.83. The summed E-state index contributed by atoms with van der Waals surface area (Å²) in [5, 5.41) is 7.91. The SMILES string of the molecule is O=C(c1ccco1)N(CCN1CCOCC1)CC(=O)N1N=C(c2ccccc2F)C[C@H]1c1cccs1. The van der Waals surface area contributed by atoms with Crippen LogP contribution in [0.15, 0.2) is 69.7 Å². The van der Waals surface area contributed by atoms with Crippen LogP contribution in [0.2, 0.25) is 0 Å². The summed E-state index contributed by atoms with van der Waals surface area (Å²) >= 11 is 1.52. The maximum absolute atomic E-state index is 14.5. The minimum absolute atomic E-state index is 0.167. The Morgan fingerprint density at radius 2 is 1.94 bits per heavy atom. The zero-order chi connectivity index (χ0) is 24.9. The molecule has 2 aliphatic rings. The lowest BCUT2D eigenvalue weighted by molar-refractivity contribution is -0.133. The second-order valence-electron chi connectivity index (χ2n) is 8.66. The van der Waals surface area contributed by atoms with Crippen LogP contribution in [0.1, 0.15) is 33.5 Å². The molecular weight excluding hydrogens is 483 g/mol. The average molecular weight is 511 g/mol. The summed E-state index contributed by atoms with van der Waals surface area (Å²) in [6.45, 7) is 3.65. The lowest BCUT2D eigenvalue weighted by Gasteiger charge is -2.30. The molecule has 0 N–H and O–H groups in total. The molecule has 0 aliphatic carbocycles. The summed E-state index contributed by atoms with van der Waals surface area (Å²) in [5.74, 6) is -0.888. The van der Waals surface area contributed by atoms with Crippen molar-refractivity contribution in [3.05, 3.63) is 82.2 Å². The maximum Gasteiger partial charge on any atom is 0.290 e. The van der Waals surface area contributed by atoms with Crippen LogP contribution in [-0.2, 0) is 9.53 Å². The van der Waals surface area contributed by atoms with Crippen molar-refractivity contribution in [2.75, 3.05) is 45.9 Å². The first-order valence-electron chi connectivity index (χ1n) is 11.9. The number of carbonyl (C=O) groups excluding carboxylic acids is 2. The van der Waals surface area contributed by atoms with E-state index in [9.17, 15) is 14.0 Å². The van der Waals surface area contributed by atoms with Crippen molar-refractivity contribution >= 4 is 28.9 Å². The predicted molar refractivity (Wildman–Crippen MR) is 133 cm³/mol. The number of halogens is 1. The number of thiophene rings is 1. The quantitative estimate of drug-likeness (QED) is 0.463. The van der Waals surface area contributed by atoms with Gasteiger partial charge in [-0.2, -0.15) is 5.10 Å². The molecule has 3 aromatic rings. The highest BCUT2D eigenvalue weighted by Gasteiger charge is 2.36. The lowest BCUT2D eigenvalue weighted by atomic mass is 10.0. The number of hydrogen-bond donors (Lipinski definition) is 0. The standard InChI is InChI=1S/C26H27FN4O4S/c27-20-6-2-1-5-19(20)21-17-22(24-8-4-16-36-24)31(28-21)25(32)18-30(26(33)23-7-3-13-35-23)10-9-29-11-14-34-15-12-29/h1-8,13,16,22H,9-12,14-15,17-18H2/t22-/m0/s1. The molecule has 10 heteroatoms. The van der Waals surface area contributed by atoms with E-state index >= 15 is 0 Å². The zero-order valence-corrected chi connectivity index (χ0v) is 20.5. The number of amides is 2. The van der Waals surface area contributed by atoms with Crippen molar-refractivity contribution < 1.29 is 23.1 Å². The topological polar surface area (TPSA) is 78.6 Å². The molecule has 5 rings (SSSR count). The fourth-order valence-corrected chi connectivity index (χ4v) is 5.24. The van der Waals surface area contributed by atoms with E-state index in [-0.39, 0.29) is 36.0 Å². The fraction of sp³-hybridized carbons (Fsp3) is 0.346. The van der Waals surface area contributed by atoms with Crippen LogP contribution < -0.4 is 0 Å². The van der Waals surface area contributed by atoms with Gasteiger partial charge in [-0.25, -0.2) is 9.40 Å². The largest absolute Gasteiger partial charge is 0.459 e. The number of ether oxygens (including phenoxy) is 1. The molecule has 1 atom stereocenters. The third-order valence-electron chi connectivity index (χ3n) is 6.36. The summed E-state index contributed by atoms with van der Waals surface area (Å²) in [4.78, 5) is 31.5. The highest BCUT2D eigenvalue weighted by Crippen LogP contribution is 2.35. The first kappa shape index (κ1) is 24.4. The Morgan fingerprint density at radius 3 is 2.67 bits per heavy atom. The van der Waals surface area contributed by atoms with Crippen LogP contribution in [0.4, 0.5) is 4.39 Å². The van der Waals surface area contributed by atoms with Crippen LogP contribution in [0.25, 0.3) is 0 Å². The van der Waals surface area contributed by atoms with E-state index in [4.69, 9.17) is 9.15 Å². The molecule has 1 fully saturated rings. The van der Waals surface area contributed by atoms with E-state index in [1.165, 1.54) is 33.6 Å². The van der Waals surface area contributed by atoms with Gasteiger partial charge in [0.25, 0.3) is 11.8 Å². The van der Waals surface area contributed by atoms with Gasteiger partial charge in [0.15, 0.2) is 5.76 Å². The number of rotatable bonds is 8. The third kappa shape index (κ3) is 5.40. The molecule has 2 amide bonds. The van der Waals surface area contributed by atoms with Gasteiger partial charge in [-0.1, -0.05) is 24.3 Å². The Hall–Kier alpha value is -3.34. The summed E-state index contributed by atoms with van der Waals surface area (Å²) < 4.78 is 25.3. The number of hydrogen-bond acceptors (Lipinski definition) is 7. The first-order valence-corrected chi connectivity index (χ1v) is 12.8. The first-order chi connectivity index (χ1) is 17.6. The number of furan rings is 1. The Labute approximate surface area is 212 Å². The Bertz CT molecular complexity index is 1210. The van der Waals surface area contributed by atoms with E-state index in [2.05, 4.69) is 10.0 Å². The van der Waals surface area contributed by atoms with Gasteiger partial charge in [0, 0.05) is 43.0 Å². The van der Waals surface area contributed by atoms with Crippen molar-refractivity contribution in [2.24, 2.45) is 5.10 Å². The fourth-order valence-electron chi connectivity index (χ4n) is 4.43. The second-order valence-corrected chi connectivity index (χ2v) is 9.64. The van der Waals surface area contributed by atoms with Crippen LogP contribution in [0, 0.1) is 5.82 Å². The number of nitrogens with zero attached hydrogens (tertiary/aromatic N) is 4. The van der Waals surface area contributed by atoms with Gasteiger partial charge in [-0.15, -0.1) is 11.3 Å². The maximum atomic E-state index is 14.5. The third-order valence-corrected chi connectivity index (χ3v) is 7.33. The van der Waals surface area contributed by atoms with Crippen molar-refractivity contribution in [3.63, 3.8) is 0 Å². The second kappa shape index (κ2) is 11.2. The van der Waals surface area contributed by atoms with Crippen molar-refractivity contribution in [1.82, 2.24) is 14.8 Å². The van der Waals surface area contributed by atoms with E-state index in [1.54, 1.807) is 30.3 Å². The molecule has 188 valence electrons. The Kier molecular flexibility index (Phi) is 7.55. The lowest BCUT2D eigenvalue weighted by Crippen LogP contribution is -2.46. The molecule has 0 unspecified atom stereocenters. The number of hydrazone groups is 1. The molecule has 1 saturated heterocycles. The van der Waals surface area contributed by atoms with E-state index in [0.717, 1.165) is 18.0 Å². The molecule has 0 bridgehead atoms. The Morgan fingerprint density at radius 1 is 1.11 bits per heavy atom. The monoisotopic (exact) mass is 510 g/mol. The highest BCUT2D eigenvalue weighted by molar-refractivity contribution is 7.10. The minimum Gasteiger partial charge on any atom is -0.459 e. The van der Waals surface area contributed by atoms with Crippen molar-refractivity contribution in [1.29, 1.82) is 0 Å². The molecular formula is C26H27FN4O4S. The van der Waals surface area contributed by atoms with Gasteiger partial charge in [0.2, 0.25) is 0 Å². The summed E-state index contributed by atoms with van der Waals surface area (Å²) in [5.41, 5.74) is 0.891. The number of benzene rings is 1. The molecule has 0 saturated carbocycles. The van der Waals surface area contributed by atoms with Crippen LogP contribution in [-0.4, -0.2) is 78.3 Å². The van der Waals surface area contributed by atoms with E-state index in [0.29, 0.717) is 44.0 Å². The van der Waals surface area contributed by atoms with Gasteiger partial charge in [-0.3, -0.25) is 14.5 Å². The molecule has 0 radical (unpaired) electrons. The van der Waals surface area contributed by atoms with Crippen LogP contribution in [0.3, 0.4) is 0 Å². The number of carbonyl (C=O) groups is 2. The molecule has 8 nitrogen and oxygen atoms in total. The molecule has 36 heavy (non-hydrogen) atoms. The van der Waals surface area contributed by atoms with Gasteiger partial charge >= 0.3 is 0 Å². The van der Waals surface area contributed by atoms with Gasteiger partial charge in [-0.05, 0) is 29.6 Å². The van der Waals surface area contributed by atoms with Gasteiger partial charge in [0.05, 0.1) is 31.2 Å². The van der Waals surface area contributed by atoms with Crippen molar-refractivity contribution in [2.45, 2.75) is 12.5 Å². The highest BCUT2D eigenvalue weighted by atomic mass is 32.1. The molecule has 2 aliphatic heterocycles. The number of morpholine rings is 1. The normalized spacial score (nSPS) is 18.3. The predicted octanol–water partition coefficient (Wildman–Crippen LogP) is 3.63. The molecule has 2 aromatic heterocycles. The van der Waals surface area contributed by atoms with Crippen LogP contribution in [0.5, 0.6) is 0 Å². The summed E-state index contributed by atoms with van der Waals surface area (Å²) in [7, 11) is 0. The molecule has 4 heterocycles.